The first-order valence-electron chi connectivity index (χ1n) is 8.94. The molecule has 160 valence electrons. The second kappa shape index (κ2) is 7.67. The molecule has 1 aliphatic rings. The maximum absolute atomic E-state index is 13.1. The van der Waals surface area contributed by atoms with Gasteiger partial charge in [0, 0.05) is 35.2 Å². The molecule has 2 aromatic heterocycles. The molecular weight excluding hydrogens is 464 g/mol. The summed E-state index contributed by atoms with van der Waals surface area (Å²) in [4.78, 5) is -0.0360. The van der Waals surface area contributed by atoms with Crippen LogP contribution in [0, 0.1) is 0 Å². The van der Waals surface area contributed by atoms with Gasteiger partial charge in [-0.05, 0) is 43.2 Å². The van der Waals surface area contributed by atoms with Crippen LogP contribution in [0.15, 0.2) is 41.4 Å². The summed E-state index contributed by atoms with van der Waals surface area (Å²) in [6, 6.07) is 6.24. The fraction of sp³-hybridized carbons (Fsp3) is 0.333. The number of aromatic nitrogens is 3. The van der Waals surface area contributed by atoms with E-state index in [0.29, 0.717) is 18.7 Å². The number of rotatable bonds is 3. The fourth-order valence-electron chi connectivity index (χ4n) is 3.55. The van der Waals surface area contributed by atoms with Gasteiger partial charge in [-0.3, -0.25) is 4.40 Å². The maximum Gasteiger partial charge on any atom is 0.417 e. The molecule has 0 spiro atoms. The highest BCUT2D eigenvalue weighted by atomic mass is 35.5. The van der Waals surface area contributed by atoms with Crippen LogP contribution in [0.4, 0.5) is 13.2 Å². The molecule has 3 aromatic rings. The highest BCUT2D eigenvalue weighted by Crippen LogP contribution is 2.33. The van der Waals surface area contributed by atoms with Gasteiger partial charge in [0.15, 0.2) is 5.65 Å². The van der Waals surface area contributed by atoms with Crippen molar-refractivity contribution in [1.29, 1.82) is 0 Å². The number of benzene rings is 1. The minimum Gasteiger partial charge on any atom is -0.286 e. The predicted octanol–water partition coefficient (Wildman–Crippen LogP) is 4.62. The van der Waals surface area contributed by atoms with Crippen LogP contribution in [0.3, 0.4) is 0 Å². The Kier molecular flexibility index (Phi) is 5.46. The van der Waals surface area contributed by atoms with Gasteiger partial charge < -0.3 is 0 Å². The lowest BCUT2D eigenvalue weighted by molar-refractivity contribution is -0.137. The minimum absolute atomic E-state index is 0.0360. The molecule has 4 rings (SSSR count). The number of hydrogen-bond donors (Lipinski definition) is 0. The van der Waals surface area contributed by atoms with Crippen molar-refractivity contribution in [2.45, 2.75) is 29.8 Å². The van der Waals surface area contributed by atoms with E-state index in [2.05, 4.69) is 10.2 Å². The van der Waals surface area contributed by atoms with Crippen LogP contribution >= 0.6 is 23.2 Å². The van der Waals surface area contributed by atoms with Crippen molar-refractivity contribution in [1.82, 2.24) is 18.9 Å². The van der Waals surface area contributed by atoms with Gasteiger partial charge in [0.05, 0.1) is 10.5 Å². The maximum atomic E-state index is 13.1. The molecule has 30 heavy (non-hydrogen) atoms. The van der Waals surface area contributed by atoms with Gasteiger partial charge in [0.2, 0.25) is 10.0 Å². The molecule has 1 aliphatic heterocycles. The van der Waals surface area contributed by atoms with Crippen LogP contribution in [0.1, 0.15) is 30.1 Å². The van der Waals surface area contributed by atoms with Crippen LogP contribution < -0.4 is 0 Å². The molecule has 0 N–H and O–H groups in total. The summed E-state index contributed by atoms with van der Waals surface area (Å²) in [7, 11) is -3.89. The smallest absolute Gasteiger partial charge is 0.286 e. The average Bonchev–Trinajstić information content (AvgIpc) is 3.10. The molecule has 12 heteroatoms. The van der Waals surface area contributed by atoms with E-state index in [9.17, 15) is 21.6 Å². The summed E-state index contributed by atoms with van der Waals surface area (Å²) in [6.07, 6.45) is -2.48. The zero-order valence-electron chi connectivity index (χ0n) is 15.3. The Morgan fingerprint density at radius 1 is 1.07 bits per heavy atom. The SMILES string of the molecule is O=S(=O)(c1cc(Cl)cc(Cl)c1)N1CCC[C@H](c2nnc3ccc(C(F)(F)F)cn23)C1. The van der Waals surface area contributed by atoms with Gasteiger partial charge >= 0.3 is 6.18 Å². The fourth-order valence-corrected chi connectivity index (χ4v) is 5.80. The van der Waals surface area contributed by atoms with E-state index in [4.69, 9.17) is 23.2 Å². The van der Waals surface area contributed by atoms with Gasteiger partial charge in [-0.1, -0.05) is 23.2 Å². The van der Waals surface area contributed by atoms with Crippen molar-refractivity contribution in [3.05, 3.63) is 58.0 Å². The Balaban J connectivity index is 1.67. The standard InChI is InChI=1S/C18H15Cl2F3N4O2S/c19-13-6-14(20)8-15(7-13)30(28,29)26-5-1-2-11(9-26)17-25-24-16-4-3-12(10-27(16)17)18(21,22)23/h3-4,6-8,10-11H,1-2,5,9H2/t11-/m0/s1. The molecule has 0 aliphatic carbocycles. The van der Waals surface area contributed by atoms with Crippen molar-refractivity contribution >= 4 is 38.9 Å². The molecule has 0 radical (unpaired) electrons. The van der Waals surface area contributed by atoms with Gasteiger partial charge in [0.25, 0.3) is 0 Å². The second-order valence-corrected chi connectivity index (χ2v) is 9.82. The third-order valence-corrected chi connectivity index (χ3v) is 7.26. The molecule has 0 bridgehead atoms. The largest absolute Gasteiger partial charge is 0.417 e. The summed E-state index contributed by atoms with van der Waals surface area (Å²) in [5, 5.41) is 8.35. The molecule has 0 saturated carbocycles. The number of alkyl halides is 3. The second-order valence-electron chi connectivity index (χ2n) is 7.01. The normalized spacial score (nSPS) is 18.8. The molecule has 0 unspecified atom stereocenters. The van der Waals surface area contributed by atoms with Gasteiger partial charge in [-0.2, -0.15) is 17.5 Å². The Bertz CT molecular complexity index is 1190. The van der Waals surface area contributed by atoms with E-state index in [-0.39, 0.29) is 33.7 Å². The van der Waals surface area contributed by atoms with Crippen LogP contribution in [0.2, 0.25) is 10.0 Å². The van der Waals surface area contributed by atoms with E-state index >= 15 is 0 Å². The first-order valence-corrected chi connectivity index (χ1v) is 11.1. The molecule has 1 saturated heterocycles. The first-order chi connectivity index (χ1) is 14.1. The molecule has 1 atom stereocenters. The number of hydrogen-bond acceptors (Lipinski definition) is 4. The third kappa shape index (κ3) is 4.01. The molecule has 6 nitrogen and oxygen atoms in total. The van der Waals surface area contributed by atoms with Crippen LogP contribution in [-0.4, -0.2) is 40.4 Å². The number of piperidine rings is 1. The van der Waals surface area contributed by atoms with Crippen molar-refractivity contribution in [3.63, 3.8) is 0 Å². The highest BCUT2D eigenvalue weighted by molar-refractivity contribution is 7.89. The van der Waals surface area contributed by atoms with Crippen LogP contribution in [0.5, 0.6) is 0 Å². The van der Waals surface area contributed by atoms with Crippen molar-refractivity contribution < 1.29 is 21.6 Å². The summed E-state index contributed by atoms with van der Waals surface area (Å²) in [5.74, 6) is -0.123. The summed E-state index contributed by atoms with van der Waals surface area (Å²) >= 11 is 11.9. The topological polar surface area (TPSA) is 67.6 Å². The lowest BCUT2D eigenvalue weighted by Crippen LogP contribution is -2.39. The number of fused-ring (bicyclic) bond motifs is 1. The lowest BCUT2D eigenvalue weighted by Gasteiger charge is -2.31. The number of pyridine rings is 1. The van der Waals surface area contributed by atoms with Crippen LogP contribution in [-0.2, 0) is 16.2 Å². The quantitative estimate of drug-likeness (QED) is 0.550. The predicted molar refractivity (Wildman–Crippen MR) is 105 cm³/mol. The molecule has 1 aromatic carbocycles. The van der Waals surface area contributed by atoms with E-state index < -0.39 is 27.7 Å². The lowest BCUT2D eigenvalue weighted by atomic mass is 9.99. The van der Waals surface area contributed by atoms with Gasteiger partial charge in [-0.15, -0.1) is 10.2 Å². The molecule has 0 amide bonds. The first kappa shape index (κ1) is 21.4. The monoisotopic (exact) mass is 478 g/mol. The highest BCUT2D eigenvalue weighted by Gasteiger charge is 2.35. The minimum atomic E-state index is -4.51. The Morgan fingerprint density at radius 3 is 2.43 bits per heavy atom. The van der Waals surface area contributed by atoms with E-state index in [1.54, 1.807) is 0 Å². The number of halogens is 5. The zero-order valence-corrected chi connectivity index (χ0v) is 17.6. The Morgan fingerprint density at radius 2 is 1.77 bits per heavy atom. The van der Waals surface area contributed by atoms with E-state index in [0.717, 1.165) is 12.3 Å². The average molecular weight is 479 g/mol. The van der Waals surface area contributed by atoms with Crippen molar-refractivity contribution in [2.75, 3.05) is 13.1 Å². The Labute approximate surface area is 180 Å². The van der Waals surface area contributed by atoms with Crippen molar-refractivity contribution in [3.8, 4) is 0 Å². The number of sulfonamides is 1. The third-order valence-electron chi connectivity index (χ3n) is 4.98. The number of nitrogens with zero attached hydrogens (tertiary/aromatic N) is 4. The summed E-state index contributed by atoms with van der Waals surface area (Å²) in [5.41, 5.74) is -0.565. The van der Waals surface area contributed by atoms with Crippen LogP contribution in [0.25, 0.3) is 5.65 Å². The van der Waals surface area contributed by atoms with E-state index in [1.165, 1.54) is 33.0 Å². The van der Waals surface area contributed by atoms with Gasteiger partial charge in [0.1, 0.15) is 5.82 Å². The summed E-state index contributed by atoms with van der Waals surface area (Å²) in [6.45, 7) is 0.330. The zero-order chi connectivity index (χ0) is 21.7. The molecule has 1 fully saturated rings. The summed E-state index contributed by atoms with van der Waals surface area (Å²) < 4.78 is 68.0. The Hall–Kier alpha value is -1.88. The molecule has 3 heterocycles. The van der Waals surface area contributed by atoms with Crippen molar-refractivity contribution in [2.24, 2.45) is 0 Å². The van der Waals surface area contributed by atoms with Gasteiger partial charge in [-0.25, -0.2) is 8.42 Å². The molecular formula is C18H15Cl2F3N4O2S. The van der Waals surface area contributed by atoms with E-state index in [1.807, 2.05) is 0 Å².